The topological polar surface area (TPSA) is 3.24 Å². The van der Waals surface area contributed by atoms with E-state index >= 15 is 0 Å². The molecule has 0 atom stereocenters. The van der Waals surface area contributed by atoms with E-state index in [1.165, 1.54) is 108 Å². The van der Waals surface area contributed by atoms with Crippen LogP contribution >= 0.6 is 11.8 Å². The van der Waals surface area contributed by atoms with E-state index in [-0.39, 0.29) is 0 Å². The molecule has 0 aromatic heterocycles. The Hall–Kier alpha value is -0.470. The first-order valence-corrected chi connectivity index (χ1v) is 11.7. The minimum Gasteiger partial charge on any atom is -0.289 e. The molecule has 1 aliphatic heterocycles. The summed E-state index contributed by atoms with van der Waals surface area (Å²) in [6, 6.07) is 11.2. The normalized spacial score (nSPS) is 24.2. The Morgan fingerprint density at radius 2 is 1.08 bits per heavy atom. The molecule has 1 saturated heterocycles. The Morgan fingerprint density at radius 1 is 0.600 bits per heavy atom. The van der Waals surface area contributed by atoms with Crippen molar-refractivity contribution in [3.05, 3.63) is 30.3 Å². The minimum atomic E-state index is 0.343. The third-order valence-corrected chi connectivity index (χ3v) is 7.67. The average Bonchev–Trinajstić information content (AvgIpc) is 2.85. The molecule has 1 aromatic rings. The maximum absolute atomic E-state index is 2.93. The van der Waals surface area contributed by atoms with E-state index in [1.54, 1.807) is 0 Å². The number of hydrogen-bond donors (Lipinski definition) is 0. The molecule has 2 fully saturated rings. The van der Waals surface area contributed by atoms with Gasteiger partial charge in [-0.25, -0.2) is 0 Å². The third kappa shape index (κ3) is 6.03. The van der Waals surface area contributed by atoms with Gasteiger partial charge < -0.3 is 0 Å². The third-order valence-electron chi connectivity index (χ3n) is 6.12. The highest BCUT2D eigenvalue weighted by atomic mass is 32.2. The summed E-state index contributed by atoms with van der Waals surface area (Å²) in [5.74, 6) is 0. The molecule has 0 spiro atoms. The summed E-state index contributed by atoms with van der Waals surface area (Å²) >= 11 is 2.20. The number of benzene rings is 1. The van der Waals surface area contributed by atoms with E-state index in [2.05, 4.69) is 47.0 Å². The minimum absolute atomic E-state index is 0.343. The zero-order valence-electron chi connectivity index (χ0n) is 16.1. The Bertz CT molecular complexity index is 452. The van der Waals surface area contributed by atoms with Gasteiger partial charge in [-0.15, -0.1) is 11.8 Å². The average molecular weight is 360 g/mol. The van der Waals surface area contributed by atoms with Crippen LogP contribution in [0.5, 0.6) is 0 Å². The molecule has 0 radical (unpaired) electrons. The first kappa shape index (κ1) is 19.3. The molecule has 1 aliphatic carbocycles. The van der Waals surface area contributed by atoms with Crippen molar-refractivity contribution in [3.8, 4) is 0 Å². The quantitative estimate of drug-likeness (QED) is 0.558. The summed E-state index contributed by atoms with van der Waals surface area (Å²) in [6.45, 7) is 2.64. The van der Waals surface area contributed by atoms with Gasteiger partial charge in [0.1, 0.15) is 0 Å². The van der Waals surface area contributed by atoms with Gasteiger partial charge in [-0.3, -0.25) is 4.90 Å². The fourth-order valence-corrected chi connectivity index (χ4v) is 6.19. The Labute approximate surface area is 160 Å². The molecule has 2 heteroatoms. The Balaban J connectivity index is 1.82. The van der Waals surface area contributed by atoms with Crippen molar-refractivity contribution in [1.29, 1.82) is 0 Å². The highest BCUT2D eigenvalue weighted by Crippen LogP contribution is 2.45. The van der Waals surface area contributed by atoms with E-state index in [0.29, 0.717) is 4.87 Å². The number of rotatable bonds is 3. The molecular weight excluding hydrogens is 322 g/mol. The highest BCUT2D eigenvalue weighted by Gasteiger charge is 2.37. The molecule has 0 N–H and O–H groups in total. The van der Waals surface area contributed by atoms with Crippen molar-refractivity contribution in [1.82, 2.24) is 4.90 Å². The van der Waals surface area contributed by atoms with Gasteiger partial charge in [0.2, 0.25) is 0 Å². The van der Waals surface area contributed by atoms with Crippen LogP contribution in [-0.4, -0.2) is 22.9 Å². The lowest BCUT2D eigenvalue weighted by Gasteiger charge is -2.44. The van der Waals surface area contributed by atoms with Gasteiger partial charge in [0.25, 0.3) is 0 Å². The summed E-state index contributed by atoms with van der Waals surface area (Å²) in [7, 11) is 0. The van der Waals surface area contributed by atoms with E-state index in [4.69, 9.17) is 0 Å². The Kier molecular flexibility index (Phi) is 8.20. The van der Waals surface area contributed by atoms with Crippen molar-refractivity contribution in [2.75, 3.05) is 13.1 Å². The number of nitrogens with zero attached hydrogens (tertiary/aromatic N) is 1. The fraction of sp³-hybridized carbons (Fsp3) is 0.739. The molecule has 2 aliphatic rings. The largest absolute Gasteiger partial charge is 0.289 e. The second kappa shape index (κ2) is 10.6. The predicted octanol–water partition coefficient (Wildman–Crippen LogP) is 7.27. The number of hydrogen-bond acceptors (Lipinski definition) is 2. The smallest absolute Gasteiger partial charge is 0.0716 e. The summed E-state index contributed by atoms with van der Waals surface area (Å²) in [4.78, 5) is 4.75. The van der Waals surface area contributed by atoms with Crippen LogP contribution in [-0.2, 0) is 0 Å². The lowest BCUT2D eigenvalue weighted by atomic mass is 10.0. The molecule has 1 saturated carbocycles. The second-order valence-electron chi connectivity index (χ2n) is 8.09. The van der Waals surface area contributed by atoms with E-state index < -0.39 is 0 Å². The maximum Gasteiger partial charge on any atom is 0.0716 e. The highest BCUT2D eigenvalue weighted by molar-refractivity contribution is 8.00. The first-order chi connectivity index (χ1) is 12.4. The van der Waals surface area contributed by atoms with Crippen LogP contribution in [0, 0.1) is 0 Å². The van der Waals surface area contributed by atoms with E-state index in [1.807, 2.05) is 0 Å². The molecule has 1 heterocycles. The SMILES string of the molecule is c1ccc(SC2(N3CCCCCCCC3)CCCCCCCC2)cc1. The van der Waals surface area contributed by atoms with E-state index in [9.17, 15) is 0 Å². The zero-order chi connectivity index (χ0) is 17.2. The molecular formula is C23H37NS. The molecule has 0 unspecified atom stereocenters. The van der Waals surface area contributed by atoms with E-state index in [0.717, 1.165) is 0 Å². The summed E-state index contributed by atoms with van der Waals surface area (Å²) in [5, 5.41) is 0. The molecule has 1 aromatic carbocycles. The van der Waals surface area contributed by atoms with Crippen LogP contribution in [0.25, 0.3) is 0 Å². The van der Waals surface area contributed by atoms with Gasteiger partial charge in [0.05, 0.1) is 4.87 Å². The molecule has 0 bridgehead atoms. The molecule has 3 rings (SSSR count). The summed E-state index contributed by atoms with van der Waals surface area (Å²) < 4.78 is 0. The van der Waals surface area contributed by atoms with Crippen LogP contribution in [0.4, 0.5) is 0 Å². The van der Waals surface area contributed by atoms with Gasteiger partial charge >= 0.3 is 0 Å². The molecule has 140 valence electrons. The van der Waals surface area contributed by atoms with Gasteiger partial charge in [0.15, 0.2) is 0 Å². The standard InChI is InChI=1S/C23H37NS/c1-2-6-13-19-23(18-12-5-1,25-22-16-10-9-11-17-22)24-20-14-7-3-4-8-15-21-24/h9-11,16-17H,1-8,12-15,18-21H2. The van der Waals surface area contributed by atoms with Crippen LogP contribution in [0.1, 0.15) is 89.9 Å². The first-order valence-electron chi connectivity index (χ1n) is 10.9. The fourth-order valence-electron chi connectivity index (χ4n) is 4.66. The van der Waals surface area contributed by atoms with Gasteiger partial charge in [0, 0.05) is 4.90 Å². The van der Waals surface area contributed by atoms with Crippen molar-refractivity contribution < 1.29 is 0 Å². The van der Waals surface area contributed by atoms with Crippen molar-refractivity contribution in [2.24, 2.45) is 0 Å². The predicted molar refractivity (Wildman–Crippen MR) is 111 cm³/mol. The lowest BCUT2D eigenvalue weighted by molar-refractivity contribution is 0.141. The lowest BCUT2D eigenvalue weighted by Crippen LogP contribution is -2.47. The van der Waals surface area contributed by atoms with Crippen LogP contribution < -0.4 is 0 Å². The number of thioether (sulfide) groups is 1. The van der Waals surface area contributed by atoms with Crippen LogP contribution in [0.15, 0.2) is 35.2 Å². The Morgan fingerprint density at radius 3 is 1.64 bits per heavy atom. The zero-order valence-corrected chi connectivity index (χ0v) is 16.9. The second-order valence-corrected chi connectivity index (χ2v) is 9.53. The van der Waals surface area contributed by atoms with Crippen LogP contribution in [0.2, 0.25) is 0 Å². The van der Waals surface area contributed by atoms with Crippen LogP contribution in [0.3, 0.4) is 0 Å². The summed E-state index contributed by atoms with van der Waals surface area (Å²) in [5.41, 5.74) is 0. The van der Waals surface area contributed by atoms with Crippen molar-refractivity contribution >= 4 is 11.8 Å². The van der Waals surface area contributed by atoms with Gasteiger partial charge in [-0.1, -0.05) is 82.4 Å². The maximum atomic E-state index is 2.93. The van der Waals surface area contributed by atoms with Crippen molar-refractivity contribution in [2.45, 2.75) is 99.7 Å². The summed E-state index contributed by atoms with van der Waals surface area (Å²) in [6.07, 6.45) is 19.9. The molecule has 1 nitrogen and oxygen atoms in total. The molecule has 25 heavy (non-hydrogen) atoms. The molecule has 0 amide bonds. The van der Waals surface area contributed by atoms with Crippen molar-refractivity contribution in [3.63, 3.8) is 0 Å². The van der Waals surface area contributed by atoms with Gasteiger partial charge in [-0.05, 0) is 50.9 Å². The van der Waals surface area contributed by atoms with Gasteiger partial charge in [-0.2, -0.15) is 0 Å². The monoisotopic (exact) mass is 359 g/mol.